The quantitative estimate of drug-likeness (QED) is 0.867. The van der Waals surface area contributed by atoms with Gasteiger partial charge in [-0.15, -0.1) is 0 Å². The van der Waals surface area contributed by atoms with Gasteiger partial charge in [0.05, 0.1) is 0 Å². The Kier molecular flexibility index (Phi) is 3.78. The molecule has 1 fully saturated rings. The Morgan fingerprint density at radius 2 is 1.96 bits per heavy atom. The first-order valence-corrected chi connectivity index (χ1v) is 8.21. The van der Waals surface area contributed by atoms with Gasteiger partial charge in [0.15, 0.2) is 0 Å². The van der Waals surface area contributed by atoms with Gasteiger partial charge in [-0.05, 0) is 35.8 Å². The minimum atomic E-state index is -0.380. The van der Waals surface area contributed by atoms with E-state index in [-0.39, 0.29) is 23.3 Å². The minimum Gasteiger partial charge on any atom is -0.329 e. The fraction of sp³-hybridized carbons (Fsp3) is 0.474. The largest absolute Gasteiger partial charge is 0.329 e. The number of benzene rings is 1. The maximum atomic E-state index is 13.1. The molecule has 0 aromatic heterocycles. The van der Waals surface area contributed by atoms with Crippen LogP contribution in [0.5, 0.6) is 0 Å². The molecule has 1 N–H and O–H groups in total. The van der Waals surface area contributed by atoms with E-state index in [1.807, 2.05) is 18.2 Å². The van der Waals surface area contributed by atoms with Crippen LogP contribution in [0.4, 0.5) is 0 Å². The summed E-state index contributed by atoms with van der Waals surface area (Å²) in [5.41, 5.74) is 3.59. The Morgan fingerprint density at radius 1 is 1.22 bits per heavy atom. The second-order valence-electron chi connectivity index (χ2n) is 7.49. The van der Waals surface area contributed by atoms with Crippen LogP contribution in [0.25, 0.3) is 0 Å². The van der Waals surface area contributed by atoms with Crippen molar-refractivity contribution in [3.8, 4) is 0 Å². The predicted molar refractivity (Wildman–Crippen MR) is 90.2 cm³/mol. The molecule has 4 heteroatoms. The summed E-state index contributed by atoms with van der Waals surface area (Å²) >= 11 is 0. The van der Waals surface area contributed by atoms with Gasteiger partial charge in [0.25, 0.3) is 5.91 Å². The standard InChI is InChI=1S/C19H24N2O2/c1-12-8-9-15(17(22)20-12)21-11-10-13-6-5-7-14(19(2,3)4)16(13)18(21)23/h5-7,15H,1,8-11H2,2-4H3,(H,20,22). The summed E-state index contributed by atoms with van der Waals surface area (Å²) in [4.78, 5) is 27.2. The Bertz CT molecular complexity index is 685. The summed E-state index contributed by atoms with van der Waals surface area (Å²) in [6.07, 6.45) is 2.19. The molecule has 1 atom stereocenters. The van der Waals surface area contributed by atoms with Crippen LogP contribution in [-0.4, -0.2) is 29.3 Å². The van der Waals surface area contributed by atoms with Crippen molar-refractivity contribution in [2.75, 3.05) is 6.54 Å². The number of allylic oxidation sites excluding steroid dienone is 1. The first-order chi connectivity index (χ1) is 10.8. The summed E-state index contributed by atoms with van der Waals surface area (Å²) < 4.78 is 0. The number of piperidine rings is 1. The Labute approximate surface area is 137 Å². The van der Waals surface area contributed by atoms with Crippen LogP contribution in [0.15, 0.2) is 30.5 Å². The van der Waals surface area contributed by atoms with E-state index in [0.29, 0.717) is 13.0 Å². The van der Waals surface area contributed by atoms with E-state index in [1.54, 1.807) is 4.90 Å². The van der Waals surface area contributed by atoms with Gasteiger partial charge < -0.3 is 10.2 Å². The maximum absolute atomic E-state index is 13.1. The van der Waals surface area contributed by atoms with Gasteiger partial charge in [-0.2, -0.15) is 0 Å². The van der Waals surface area contributed by atoms with E-state index in [1.165, 1.54) is 0 Å². The smallest absolute Gasteiger partial charge is 0.255 e. The number of hydrogen-bond acceptors (Lipinski definition) is 2. The summed E-state index contributed by atoms with van der Waals surface area (Å²) in [5, 5.41) is 2.79. The highest BCUT2D eigenvalue weighted by atomic mass is 16.2. The molecule has 1 unspecified atom stereocenters. The topological polar surface area (TPSA) is 49.4 Å². The third-order valence-corrected chi connectivity index (χ3v) is 4.75. The molecule has 0 bridgehead atoms. The van der Waals surface area contributed by atoms with E-state index in [4.69, 9.17) is 0 Å². The average Bonchev–Trinajstić information content (AvgIpc) is 2.47. The molecule has 1 aromatic carbocycles. The van der Waals surface area contributed by atoms with Crippen molar-refractivity contribution >= 4 is 11.8 Å². The van der Waals surface area contributed by atoms with Crippen molar-refractivity contribution in [1.29, 1.82) is 0 Å². The monoisotopic (exact) mass is 312 g/mol. The molecule has 0 saturated carbocycles. The van der Waals surface area contributed by atoms with Gasteiger partial charge in [-0.3, -0.25) is 9.59 Å². The van der Waals surface area contributed by atoms with Crippen LogP contribution in [-0.2, 0) is 16.6 Å². The van der Waals surface area contributed by atoms with Crippen LogP contribution in [0.1, 0.15) is 55.1 Å². The van der Waals surface area contributed by atoms with Crippen LogP contribution in [0, 0.1) is 0 Å². The Morgan fingerprint density at radius 3 is 2.61 bits per heavy atom. The molecule has 0 aliphatic carbocycles. The maximum Gasteiger partial charge on any atom is 0.255 e. The molecule has 2 aliphatic rings. The van der Waals surface area contributed by atoms with Gasteiger partial charge in [0.1, 0.15) is 6.04 Å². The fourth-order valence-corrected chi connectivity index (χ4v) is 3.53. The molecule has 1 saturated heterocycles. The lowest BCUT2D eigenvalue weighted by molar-refractivity contribution is -0.126. The second kappa shape index (κ2) is 5.52. The van der Waals surface area contributed by atoms with Crippen LogP contribution in [0.3, 0.4) is 0 Å². The van der Waals surface area contributed by atoms with Crippen molar-refractivity contribution in [3.05, 3.63) is 47.2 Å². The number of fused-ring (bicyclic) bond motifs is 1. The number of rotatable bonds is 1. The molecule has 0 spiro atoms. The zero-order valence-corrected chi connectivity index (χ0v) is 14.1. The molecule has 1 aromatic rings. The molecular weight excluding hydrogens is 288 g/mol. The van der Waals surface area contributed by atoms with Crippen molar-refractivity contribution in [3.63, 3.8) is 0 Å². The molecule has 2 heterocycles. The summed E-state index contributed by atoms with van der Waals surface area (Å²) in [6.45, 7) is 10.8. The first-order valence-electron chi connectivity index (χ1n) is 8.21. The first kappa shape index (κ1) is 15.8. The number of carbonyl (C=O) groups is 2. The van der Waals surface area contributed by atoms with Gasteiger partial charge in [-0.1, -0.05) is 45.5 Å². The molecule has 0 radical (unpaired) electrons. The number of carbonyl (C=O) groups excluding carboxylic acids is 2. The van der Waals surface area contributed by atoms with Crippen molar-refractivity contribution in [2.24, 2.45) is 0 Å². The zero-order chi connectivity index (χ0) is 16.8. The molecule has 3 rings (SSSR count). The highest BCUT2D eigenvalue weighted by Gasteiger charge is 2.38. The van der Waals surface area contributed by atoms with Gasteiger partial charge in [-0.25, -0.2) is 0 Å². The summed E-state index contributed by atoms with van der Waals surface area (Å²) in [7, 11) is 0. The number of amides is 2. The third-order valence-electron chi connectivity index (χ3n) is 4.75. The van der Waals surface area contributed by atoms with Gasteiger partial charge in [0.2, 0.25) is 5.91 Å². The van der Waals surface area contributed by atoms with Gasteiger partial charge in [0, 0.05) is 17.8 Å². The molecule has 122 valence electrons. The van der Waals surface area contributed by atoms with Crippen LogP contribution >= 0.6 is 0 Å². The second-order valence-corrected chi connectivity index (χ2v) is 7.49. The Hall–Kier alpha value is -2.10. The van der Waals surface area contributed by atoms with Crippen molar-refractivity contribution < 1.29 is 9.59 Å². The fourth-order valence-electron chi connectivity index (χ4n) is 3.53. The highest BCUT2D eigenvalue weighted by Crippen LogP contribution is 2.33. The minimum absolute atomic E-state index is 0.00978. The summed E-state index contributed by atoms with van der Waals surface area (Å²) in [5.74, 6) is -0.115. The number of hydrogen-bond donors (Lipinski definition) is 1. The molecule has 2 aliphatic heterocycles. The third kappa shape index (κ3) is 2.78. The number of nitrogens with one attached hydrogen (secondary N) is 1. The van der Waals surface area contributed by atoms with E-state index in [2.05, 4.69) is 32.7 Å². The van der Waals surface area contributed by atoms with Crippen molar-refractivity contribution in [1.82, 2.24) is 10.2 Å². The van der Waals surface area contributed by atoms with Crippen LogP contribution in [0.2, 0.25) is 0 Å². The van der Waals surface area contributed by atoms with E-state index < -0.39 is 0 Å². The average molecular weight is 312 g/mol. The molecule has 4 nitrogen and oxygen atoms in total. The normalized spacial score (nSPS) is 22.0. The Balaban J connectivity index is 1.97. The van der Waals surface area contributed by atoms with Crippen LogP contribution < -0.4 is 5.32 Å². The van der Waals surface area contributed by atoms with Crippen molar-refractivity contribution in [2.45, 2.75) is 51.5 Å². The van der Waals surface area contributed by atoms with E-state index in [0.717, 1.165) is 35.2 Å². The lowest BCUT2D eigenvalue weighted by Crippen LogP contribution is -2.54. The lowest BCUT2D eigenvalue weighted by atomic mass is 9.80. The zero-order valence-electron chi connectivity index (χ0n) is 14.1. The molecule has 2 amide bonds. The molecule has 23 heavy (non-hydrogen) atoms. The van der Waals surface area contributed by atoms with Gasteiger partial charge >= 0.3 is 0 Å². The highest BCUT2D eigenvalue weighted by molar-refractivity contribution is 6.01. The lowest BCUT2D eigenvalue weighted by Gasteiger charge is -2.38. The van der Waals surface area contributed by atoms with E-state index >= 15 is 0 Å². The number of nitrogens with zero attached hydrogens (tertiary/aromatic N) is 1. The van der Waals surface area contributed by atoms with E-state index in [9.17, 15) is 9.59 Å². The summed E-state index contributed by atoms with van der Waals surface area (Å²) in [6, 6.07) is 5.71. The molecular formula is C19H24N2O2. The predicted octanol–water partition coefficient (Wildman–Crippen LogP) is 2.77. The SMILES string of the molecule is C=C1CCC(N2CCc3cccc(C(C)(C)C)c3C2=O)C(=O)N1.